The molecule has 30 heavy (non-hydrogen) atoms. The van der Waals surface area contributed by atoms with Gasteiger partial charge in [-0.15, -0.1) is 0 Å². The lowest BCUT2D eigenvalue weighted by Gasteiger charge is -2.27. The molecule has 5 nitrogen and oxygen atoms in total. The Balaban J connectivity index is 1.66. The minimum absolute atomic E-state index is 0.0440. The topological polar surface area (TPSA) is 70.8 Å². The average Bonchev–Trinajstić information content (AvgIpc) is 3.07. The van der Waals surface area contributed by atoms with Crippen LogP contribution in [-0.4, -0.2) is 22.5 Å². The van der Waals surface area contributed by atoms with Crippen molar-refractivity contribution in [2.45, 2.75) is 12.1 Å². The van der Waals surface area contributed by atoms with E-state index >= 15 is 0 Å². The molecule has 1 aromatic heterocycles. The predicted molar refractivity (Wildman–Crippen MR) is 113 cm³/mol. The van der Waals surface area contributed by atoms with Gasteiger partial charge in [0.15, 0.2) is 5.43 Å². The van der Waals surface area contributed by atoms with E-state index in [2.05, 4.69) is 0 Å². The fourth-order valence-electron chi connectivity index (χ4n) is 4.10. The van der Waals surface area contributed by atoms with Crippen molar-refractivity contribution in [1.29, 1.82) is 0 Å². The highest BCUT2D eigenvalue weighted by Gasteiger charge is 2.43. The minimum Gasteiger partial charge on any atom is -0.450 e. The number of para-hydroxylation sites is 1. The van der Waals surface area contributed by atoms with Gasteiger partial charge in [-0.25, -0.2) is 0 Å². The third kappa shape index (κ3) is 2.91. The zero-order valence-electron chi connectivity index (χ0n) is 16.1. The summed E-state index contributed by atoms with van der Waals surface area (Å²) in [5.74, 6) is -0.343. The maximum absolute atomic E-state index is 13.3. The fourth-order valence-corrected chi connectivity index (χ4v) is 4.10. The number of carbonyl (C=O) groups is 1. The maximum atomic E-state index is 13.3. The molecule has 1 N–H and O–H groups in total. The Kier molecular flexibility index (Phi) is 4.45. The number of hydrogen-bond donors (Lipinski definition) is 1. The number of hydrogen-bond acceptors (Lipinski definition) is 4. The summed E-state index contributed by atoms with van der Waals surface area (Å²) in [6.45, 7) is 0.0440. The highest BCUT2D eigenvalue weighted by Crippen LogP contribution is 2.39. The first kappa shape index (κ1) is 18.3. The minimum atomic E-state index is -0.889. The van der Waals surface area contributed by atoms with E-state index in [4.69, 9.17) is 4.42 Å². The molecule has 0 saturated carbocycles. The zero-order chi connectivity index (χ0) is 20.7. The van der Waals surface area contributed by atoms with E-state index in [0.29, 0.717) is 22.1 Å². The van der Waals surface area contributed by atoms with Gasteiger partial charge in [-0.2, -0.15) is 0 Å². The summed E-state index contributed by atoms with van der Waals surface area (Å²) in [6, 6.07) is 24.9. The van der Waals surface area contributed by atoms with Gasteiger partial charge in [-0.3, -0.25) is 9.59 Å². The molecule has 1 amide bonds. The second-order valence-electron chi connectivity index (χ2n) is 7.37. The molecule has 0 unspecified atom stereocenters. The SMILES string of the molecule is O=C1c2oc3ccccc3c(=O)c2[C@H](c2ccccc2)N1C[C@H](O)c1ccccc1. The van der Waals surface area contributed by atoms with Crippen molar-refractivity contribution in [3.63, 3.8) is 0 Å². The van der Waals surface area contributed by atoms with Crippen molar-refractivity contribution in [2.24, 2.45) is 0 Å². The number of amides is 1. The molecule has 3 aromatic carbocycles. The molecule has 1 aliphatic heterocycles. The van der Waals surface area contributed by atoms with Gasteiger partial charge < -0.3 is 14.4 Å². The van der Waals surface area contributed by atoms with E-state index < -0.39 is 18.1 Å². The highest BCUT2D eigenvalue weighted by atomic mass is 16.3. The molecular weight excluding hydrogens is 378 g/mol. The summed E-state index contributed by atoms with van der Waals surface area (Å²) < 4.78 is 5.89. The van der Waals surface area contributed by atoms with Crippen LogP contribution in [0.3, 0.4) is 0 Å². The van der Waals surface area contributed by atoms with Crippen LogP contribution in [0.25, 0.3) is 11.0 Å². The smallest absolute Gasteiger partial charge is 0.291 e. The third-order valence-corrected chi connectivity index (χ3v) is 5.54. The molecule has 0 saturated heterocycles. The van der Waals surface area contributed by atoms with Crippen molar-refractivity contribution < 1.29 is 14.3 Å². The lowest BCUT2D eigenvalue weighted by Crippen LogP contribution is -2.33. The van der Waals surface area contributed by atoms with Gasteiger partial charge in [-0.1, -0.05) is 72.8 Å². The molecule has 0 bridgehead atoms. The van der Waals surface area contributed by atoms with E-state index in [-0.39, 0.29) is 17.7 Å². The van der Waals surface area contributed by atoms with E-state index in [1.54, 1.807) is 24.3 Å². The molecule has 5 rings (SSSR count). The molecule has 0 fully saturated rings. The van der Waals surface area contributed by atoms with Crippen LogP contribution in [0, 0.1) is 0 Å². The Hall–Kier alpha value is -3.70. The van der Waals surface area contributed by atoms with Gasteiger partial charge in [-0.05, 0) is 23.3 Å². The molecule has 1 aliphatic rings. The molecule has 2 heterocycles. The number of rotatable bonds is 4. The third-order valence-electron chi connectivity index (χ3n) is 5.54. The molecule has 4 aromatic rings. The lowest BCUT2D eigenvalue weighted by molar-refractivity contribution is 0.0583. The maximum Gasteiger partial charge on any atom is 0.291 e. The summed E-state index contributed by atoms with van der Waals surface area (Å²) in [4.78, 5) is 28.2. The first-order valence-corrected chi connectivity index (χ1v) is 9.80. The van der Waals surface area contributed by atoms with Crippen molar-refractivity contribution in [1.82, 2.24) is 4.90 Å². The Morgan fingerprint density at radius 1 is 0.867 bits per heavy atom. The number of fused-ring (bicyclic) bond motifs is 2. The van der Waals surface area contributed by atoms with Crippen molar-refractivity contribution >= 4 is 16.9 Å². The largest absolute Gasteiger partial charge is 0.450 e. The molecule has 5 heteroatoms. The number of aliphatic hydroxyl groups is 1. The van der Waals surface area contributed by atoms with Crippen LogP contribution in [-0.2, 0) is 0 Å². The number of β-amino-alcohol motifs (C(OH)–C–C–N with tert-alkyl or cyclic N) is 1. The van der Waals surface area contributed by atoms with Crippen LogP contribution >= 0.6 is 0 Å². The van der Waals surface area contributed by atoms with Crippen LogP contribution in [0.2, 0.25) is 0 Å². The fraction of sp³-hybridized carbons (Fsp3) is 0.120. The number of benzene rings is 3. The van der Waals surface area contributed by atoms with E-state index in [9.17, 15) is 14.7 Å². The molecule has 0 spiro atoms. The molecule has 0 radical (unpaired) electrons. The van der Waals surface area contributed by atoms with Crippen LogP contribution in [0.1, 0.15) is 39.4 Å². The second-order valence-corrected chi connectivity index (χ2v) is 7.37. The van der Waals surface area contributed by atoms with E-state index in [1.807, 2.05) is 60.7 Å². The molecule has 2 atom stereocenters. The Labute approximate surface area is 172 Å². The monoisotopic (exact) mass is 397 g/mol. The highest BCUT2D eigenvalue weighted by molar-refractivity contribution is 5.99. The standard InChI is InChI=1S/C25H19NO4/c27-19(16-9-3-1-4-10-16)15-26-22(17-11-5-2-6-12-17)21-23(28)18-13-7-8-14-20(18)30-24(21)25(26)29/h1-14,19,22,27H,15H2/t19-,22-/m0/s1. The van der Waals surface area contributed by atoms with Crippen molar-refractivity contribution in [3.05, 3.63) is 118 Å². The zero-order valence-corrected chi connectivity index (χ0v) is 16.1. The van der Waals surface area contributed by atoms with Gasteiger partial charge in [0, 0.05) is 0 Å². The Morgan fingerprint density at radius 3 is 2.23 bits per heavy atom. The van der Waals surface area contributed by atoms with Crippen molar-refractivity contribution in [2.75, 3.05) is 6.54 Å². The summed E-state index contributed by atoms with van der Waals surface area (Å²) in [5, 5.41) is 11.2. The first-order valence-electron chi connectivity index (χ1n) is 9.80. The normalized spacial score (nSPS) is 16.6. The summed E-state index contributed by atoms with van der Waals surface area (Å²) in [7, 11) is 0. The van der Waals surface area contributed by atoms with Crippen molar-refractivity contribution in [3.8, 4) is 0 Å². The van der Waals surface area contributed by atoms with Gasteiger partial charge in [0.1, 0.15) is 5.58 Å². The quantitative estimate of drug-likeness (QED) is 0.564. The summed E-state index contributed by atoms with van der Waals surface area (Å²) >= 11 is 0. The van der Waals surface area contributed by atoms with Crippen LogP contribution in [0.5, 0.6) is 0 Å². The summed E-state index contributed by atoms with van der Waals surface area (Å²) in [6.07, 6.45) is -0.889. The lowest BCUT2D eigenvalue weighted by atomic mass is 9.98. The number of carbonyl (C=O) groups excluding carboxylic acids is 1. The van der Waals surface area contributed by atoms with Gasteiger partial charge in [0.25, 0.3) is 5.91 Å². The van der Waals surface area contributed by atoms with Gasteiger partial charge in [0.2, 0.25) is 5.76 Å². The number of aliphatic hydroxyl groups excluding tert-OH is 1. The van der Waals surface area contributed by atoms with E-state index in [0.717, 1.165) is 5.56 Å². The van der Waals surface area contributed by atoms with Gasteiger partial charge in [0.05, 0.1) is 29.6 Å². The molecule has 0 aliphatic carbocycles. The van der Waals surface area contributed by atoms with Crippen LogP contribution in [0.4, 0.5) is 0 Å². The Bertz CT molecular complexity index is 1280. The first-order chi connectivity index (χ1) is 14.6. The predicted octanol–water partition coefficient (Wildman–Crippen LogP) is 4.07. The van der Waals surface area contributed by atoms with Crippen LogP contribution in [0.15, 0.2) is 94.1 Å². The average molecular weight is 397 g/mol. The second kappa shape index (κ2) is 7.28. The molecule has 148 valence electrons. The van der Waals surface area contributed by atoms with E-state index in [1.165, 1.54) is 4.90 Å². The Morgan fingerprint density at radius 2 is 1.50 bits per heavy atom. The number of nitrogens with zero attached hydrogens (tertiary/aromatic N) is 1. The summed E-state index contributed by atoms with van der Waals surface area (Å²) in [5.41, 5.74) is 1.99. The molecular formula is C25H19NO4. The van der Waals surface area contributed by atoms with Crippen LogP contribution < -0.4 is 5.43 Å². The van der Waals surface area contributed by atoms with Gasteiger partial charge >= 0.3 is 0 Å².